The first-order valence-electron chi connectivity index (χ1n) is 6.01. The van der Waals surface area contributed by atoms with Gasteiger partial charge >= 0.3 is 6.18 Å². The van der Waals surface area contributed by atoms with Crippen molar-refractivity contribution in [2.75, 3.05) is 19.8 Å². The maximum Gasteiger partial charge on any atom is 0.411 e. The molecule has 0 bridgehead atoms. The van der Waals surface area contributed by atoms with Crippen LogP contribution in [-0.4, -0.2) is 37.4 Å². The van der Waals surface area contributed by atoms with Gasteiger partial charge in [-0.1, -0.05) is 19.3 Å². The third-order valence-electron chi connectivity index (χ3n) is 2.99. The van der Waals surface area contributed by atoms with E-state index in [1.807, 2.05) is 0 Å². The minimum atomic E-state index is -4.40. The molecular formula is C11H19F3N2O2. The molecule has 0 aromatic rings. The van der Waals surface area contributed by atoms with Gasteiger partial charge in [0.25, 0.3) is 0 Å². The second kappa shape index (κ2) is 6.38. The number of carbonyl (C=O) groups is 1. The summed E-state index contributed by atoms with van der Waals surface area (Å²) in [5, 5.41) is 2.52. The normalized spacial score (nSPS) is 19.6. The number of rotatable bonds is 5. The molecule has 1 fully saturated rings. The molecule has 0 spiro atoms. The molecule has 1 saturated carbocycles. The predicted molar refractivity (Wildman–Crippen MR) is 59.9 cm³/mol. The third kappa shape index (κ3) is 6.20. The molecule has 4 nitrogen and oxygen atoms in total. The lowest BCUT2D eigenvalue weighted by molar-refractivity contribution is -0.175. The standard InChI is InChI=1S/C11H19F3N2O2/c12-11(13,14)8-18-6-9(17)16-7-10(15)4-2-1-3-5-10/h1-8,15H2,(H,16,17). The van der Waals surface area contributed by atoms with Crippen molar-refractivity contribution in [1.29, 1.82) is 0 Å². The average Bonchev–Trinajstić information content (AvgIpc) is 2.26. The van der Waals surface area contributed by atoms with Crippen LogP contribution in [0.4, 0.5) is 13.2 Å². The smallest absolute Gasteiger partial charge is 0.362 e. The predicted octanol–water partition coefficient (Wildman–Crippen LogP) is 1.34. The molecule has 0 aromatic carbocycles. The zero-order valence-electron chi connectivity index (χ0n) is 10.2. The molecular weight excluding hydrogens is 249 g/mol. The van der Waals surface area contributed by atoms with Crippen LogP contribution in [0.2, 0.25) is 0 Å². The fourth-order valence-corrected chi connectivity index (χ4v) is 2.02. The van der Waals surface area contributed by atoms with Gasteiger partial charge in [0, 0.05) is 12.1 Å². The largest absolute Gasteiger partial charge is 0.411 e. The summed E-state index contributed by atoms with van der Waals surface area (Å²) >= 11 is 0. The molecule has 0 unspecified atom stereocenters. The highest BCUT2D eigenvalue weighted by molar-refractivity contribution is 5.77. The topological polar surface area (TPSA) is 64.3 Å². The maximum absolute atomic E-state index is 11.8. The fraction of sp³-hybridized carbons (Fsp3) is 0.909. The van der Waals surface area contributed by atoms with Crippen LogP contribution in [0, 0.1) is 0 Å². The molecule has 1 rings (SSSR count). The zero-order chi connectivity index (χ0) is 13.6. The van der Waals surface area contributed by atoms with E-state index in [2.05, 4.69) is 10.1 Å². The van der Waals surface area contributed by atoms with Crippen LogP contribution in [0.15, 0.2) is 0 Å². The number of alkyl halides is 3. The van der Waals surface area contributed by atoms with E-state index in [0.717, 1.165) is 32.1 Å². The van der Waals surface area contributed by atoms with Gasteiger partial charge < -0.3 is 15.8 Å². The Labute approximate surface area is 104 Å². The summed E-state index contributed by atoms with van der Waals surface area (Å²) in [7, 11) is 0. The molecule has 0 heterocycles. The second-order valence-corrected chi connectivity index (χ2v) is 4.81. The van der Waals surface area contributed by atoms with Crippen LogP contribution in [0.25, 0.3) is 0 Å². The molecule has 106 valence electrons. The Hall–Kier alpha value is -0.820. The number of nitrogens with two attached hydrogens (primary N) is 1. The van der Waals surface area contributed by atoms with E-state index < -0.39 is 30.8 Å². The van der Waals surface area contributed by atoms with Gasteiger partial charge in [0.15, 0.2) is 0 Å². The fourth-order valence-electron chi connectivity index (χ4n) is 2.02. The Kier molecular flexibility index (Phi) is 5.40. The van der Waals surface area contributed by atoms with E-state index in [-0.39, 0.29) is 0 Å². The number of hydrogen-bond acceptors (Lipinski definition) is 3. The van der Waals surface area contributed by atoms with Crippen LogP contribution in [0.5, 0.6) is 0 Å². The number of amides is 1. The van der Waals surface area contributed by atoms with Gasteiger partial charge in [-0.15, -0.1) is 0 Å². The molecule has 1 aliphatic carbocycles. The SMILES string of the molecule is NC1(CNC(=O)COCC(F)(F)F)CCCCC1. The quantitative estimate of drug-likeness (QED) is 0.791. The molecule has 3 N–H and O–H groups in total. The Morgan fingerprint density at radius 2 is 1.89 bits per heavy atom. The zero-order valence-corrected chi connectivity index (χ0v) is 10.2. The summed E-state index contributed by atoms with van der Waals surface area (Å²) in [4.78, 5) is 11.3. The highest BCUT2D eigenvalue weighted by atomic mass is 19.4. The number of ether oxygens (including phenoxy) is 1. The van der Waals surface area contributed by atoms with Crippen molar-refractivity contribution < 1.29 is 22.7 Å². The van der Waals surface area contributed by atoms with Gasteiger partial charge in [-0.3, -0.25) is 4.79 Å². The lowest BCUT2D eigenvalue weighted by Crippen LogP contribution is -2.51. The van der Waals surface area contributed by atoms with Crippen LogP contribution in [0.1, 0.15) is 32.1 Å². The Morgan fingerprint density at radius 3 is 2.44 bits per heavy atom. The average molecular weight is 268 g/mol. The van der Waals surface area contributed by atoms with Crippen molar-refractivity contribution in [3.8, 4) is 0 Å². The summed E-state index contributed by atoms with van der Waals surface area (Å²) < 4.78 is 39.6. The highest BCUT2D eigenvalue weighted by Crippen LogP contribution is 2.25. The molecule has 0 aromatic heterocycles. The summed E-state index contributed by atoms with van der Waals surface area (Å²) in [6.45, 7) is -1.70. The first-order chi connectivity index (χ1) is 8.31. The van der Waals surface area contributed by atoms with Gasteiger partial charge in [-0.25, -0.2) is 0 Å². The Balaban J connectivity index is 2.16. The van der Waals surface area contributed by atoms with E-state index in [4.69, 9.17) is 5.73 Å². The molecule has 7 heteroatoms. The van der Waals surface area contributed by atoms with Crippen LogP contribution < -0.4 is 11.1 Å². The highest BCUT2D eigenvalue weighted by Gasteiger charge is 2.29. The number of halogens is 3. The summed E-state index contributed by atoms with van der Waals surface area (Å²) in [5.74, 6) is -0.561. The third-order valence-corrected chi connectivity index (χ3v) is 2.99. The molecule has 0 saturated heterocycles. The Bertz CT molecular complexity index is 276. The summed E-state index contributed by atoms with van der Waals surface area (Å²) in [6, 6.07) is 0. The van der Waals surface area contributed by atoms with E-state index in [1.165, 1.54) is 0 Å². The van der Waals surface area contributed by atoms with Crippen molar-refractivity contribution in [2.24, 2.45) is 5.73 Å². The van der Waals surface area contributed by atoms with Crippen molar-refractivity contribution in [1.82, 2.24) is 5.32 Å². The van der Waals surface area contributed by atoms with E-state index >= 15 is 0 Å². The van der Waals surface area contributed by atoms with Gasteiger partial charge in [0.2, 0.25) is 5.91 Å². The lowest BCUT2D eigenvalue weighted by atomic mass is 9.82. The van der Waals surface area contributed by atoms with Crippen molar-refractivity contribution in [3.05, 3.63) is 0 Å². The van der Waals surface area contributed by atoms with Crippen molar-refractivity contribution in [3.63, 3.8) is 0 Å². The Morgan fingerprint density at radius 1 is 1.28 bits per heavy atom. The minimum Gasteiger partial charge on any atom is -0.362 e. The lowest BCUT2D eigenvalue weighted by Gasteiger charge is -2.33. The van der Waals surface area contributed by atoms with E-state index in [1.54, 1.807) is 0 Å². The van der Waals surface area contributed by atoms with Crippen molar-refractivity contribution in [2.45, 2.75) is 43.8 Å². The van der Waals surface area contributed by atoms with Gasteiger partial charge in [-0.05, 0) is 12.8 Å². The van der Waals surface area contributed by atoms with Gasteiger partial charge in [0.05, 0.1) is 0 Å². The van der Waals surface area contributed by atoms with E-state index in [9.17, 15) is 18.0 Å². The molecule has 0 radical (unpaired) electrons. The minimum absolute atomic E-state index is 0.293. The van der Waals surface area contributed by atoms with Gasteiger partial charge in [0.1, 0.15) is 13.2 Å². The number of nitrogens with one attached hydrogen (secondary N) is 1. The van der Waals surface area contributed by atoms with Crippen LogP contribution in [-0.2, 0) is 9.53 Å². The second-order valence-electron chi connectivity index (χ2n) is 4.81. The van der Waals surface area contributed by atoms with Crippen LogP contribution in [0.3, 0.4) is 0 Å². The number of carbonyl (C=O) groups excluding carboxylic acids is 1. The van der Waals surface area contributed by atoms with Crippen LogP contribution >= 0.6 is 0 Å². The maximum atomic E-state index is 11.8. The molecule has 0 atom stereocenters. The summed E-state index contributed by atoms with van der Waals surface area (Å²) in [6.07, 6.45) is 0.446. The molecule has 18 heavy (non-hydrogen) atoms. The first-order valence-corrected chi connectivity index (χ1v) is 6.01. The monoisotopic (exact) mass is 268 g/mol. The summed E-state index contributed by atoms with van der Waals surface area (Å²) in [5.41, 5.74) is 5.65. The van der Waals surface area contributed by atoms with Crippen molar-refractivity contribution >= 4 is 5.91 Å². The van der Waals surface area contributed by atoms with E-state index in [0.29, 0.717) is 6.54 Å². The first kappa shape index (κ1) is 15.2. The molecule has 1 aliphatic rings. The molecule has 0 aliphatic heterocycles. The molecule has 1 amide bonds. The number of hydrogen-bond donors (Lipinski definition) is 2. The van der Waals surface area contributed by atoms with Gasteiger partial charge in [-0.2, -0.15) is 13.2 Å².